The molecular weight excluding hydrogens is 158 g/mol. The predicted octanol–water partition coefficient (Wildman–Crippen LogP) is -1.01. The number of likely N-dealkylation sites (tertiary alicyclic amines) is 1. The molecule has 1 heterocycles. The molecule has 12 heavy (non-hydrogen) atoms. The lowest BCUT2D eigenvalue weighted by atomic mass is 10.1. The Morgan fingerprint density at radius 3 is 2.83 bits per heavy atom. The zero-order valence-electron chi connectivity index (χ0n) is 7.08. The number of hydrogen-bond acceptors (Lipinski definition) is 3. The van der Waals surface area contributed by atoms with Gasteiger partial charge in [-0.1, -0.05) is 6.92 Å². The van der Waals surface area contributed by atoms with Crippen LogP contribution in [0, 0.1) is 5.92 Å². The molecular formula is C8H12NO3-. The van der Waals surface area contributed by atoms with Gasteiger partial charge in [-0.2, -0.15) is 0 Å². The van der Waals surface area contributed by atoms with Gasteiger partial charge in [-0.05, 0) is 6.42 Å². The largest absolute Gasteiger partial charge is 0.550 e. The Balaban J connectivity index is 2.50. The predicted molar refractivity (Wildman–Crippen MR) is 40.0 cm³/mol. The Labute approximate surface area is 71.2 Å². The number of hydrogen-bond donors (Lipinski definition) is 0. The minimum atomic E-state index is -1.11. The van der Waals surface area contributed by atoms with Gasteiger partial charge < -0.3 is 14.8 Å². The van der Waals surface area contributed by atoms with E-state index < -0.39 is 11.9 Å². The SMILES string of the molecule is CCCN1C[C@@H](C(=O)[O-])CC1=O. The molecule has 1 atom stereocenters. The van der Waals surface area contributed by atoms with Gasteiger partial charge in [0, 0.05) is 31.4 Å². The summed E-state index contributed by atoms with van der Waals surface area (Å²) in [5, 5.41) is 10.4. The van der Waals surface area contributed by atoms with Crippen molar-refractivity contribution >= 4 is 11.9 Å². The van der Waals surface area contributed by atoms with Crippen molar-refractivity contribution in [2.75, 3.05) is 13.1 Å². The normalized spacial score (nSPS) is 23.2. The minimum absolute atomic E-state index is 0.0638. The van der Waals surface area contributed by atoms with Crippen LogP contribution in [0.4, 0.5) is 0 Å². The first-order chi connectivity index (χ1) is 5.65. The first-order valence-corrected chi connectivity index (χ1v) is 4.13. The molecule has 1 saturated heterocycles. The fourth-order valence-electron chi connectivity index (χ4n) is 1.42. The molecule has 0 aromatic rings. The Bertz CT molecular complexity index is 202. The molecule has 0 bridgehead atoms. The number of carbonyl (C=O) groups is 2. The third-order valence-corrected chi connectivity index (χ3v) is 2.04. The number of rotatable bonds is 3. The van der Waals surface area contributed by atoms with Crippen molar-refractivity contribution < 1.29 is 14.7 Å². The molecule has 0 N–H and O–H groups in total. The maximum Gasteiger partial charge on any atom is 0.223 e. The second kappa shape index (κ2) is 3.56. The summed E-state index contributed by atoms with van der Waals surface area (Å²) in [5.74, 6) is -1.77. The third kappa shape index (κ3) is 1.75. The summed E-state index contributed by atoms with van der Waals surface area (Å²) in [7, 11) is 0. The van der Waals surface area contributed by atoms with Crippen LogP contribution in [-0.4, -0.2) is 29.9 Å². The van der Waals surface area contributed by atoms with Gasteiger partial charge in [-0.3, -0.25) is 4.79 Å². The summed E-state index contributed by atoms with van der Waals surface area (Å²) < 4.78 is 0. The molecule has 0 aromatic heterocycles. The fraction of sp³-hybridized carbons (Fsp3) is 0.750. The van der Waals surface area contributed by atoms with E-state index in [2.05, 4.69) is 0 Å². The summed E-state index contributed by atoms with van der Waals surface area (Å²) in [4.78, 5) is 23.1. The van der Waals surface area contributed by atoms with Crippen molar-refractivity contribution in [3.63, 3.8) is 0 Å². The standard InChI is InChI=1S/C8H13NO3/c1-2-3-9-5-6(8(11)12)4-7(9)10/h6H,2-5H2,1H3,(H,11,12)/p-1/t6-/m0/s1. The molecule has 0 radical (unpaired) electrons. The maximum atomic E-state index is 11.1. The summed E-state index contributed by atoms with van der Waals surface area (Å²) in [5.41, 5.74) is 0. The van der Waals surface area contributed by atoms with E-state index in [-0.39, 0.29) is 12.3 Å². The lowest BCUT2D eigenvalue weighted by Crippen LogP contribution is -2.33. The number of carboxylic acids is 1. The zero-order valence-corrected chi connectivity index (χ0v) is 7.08. The topological polar surface area (TPSA) is 60.4 Å². The molecule has 0 unspecified atom stereocenters. The van der Waals surface area contributed by atoms with Crippen LogP contribution in [0.3, 0.4) is 0 Å². The molecule has 0 spiro atoms. The van der Waals surface area contributed by atoms with Gasteiger partial charge in [0.1, 0.15) is 0 Å². The molecule has 4 nitrogen and oxygen atoms in total. The molecule has 0 aliphatic carbocycles. The van der Waals surface area contributed by atoms with E-state index in [1.54, 1.807) is 4.90 Å². The van der Waals surface area contributed by atoms with Gasteiger partial charge >= 0.3 is 0 Å². The van der Waals surface area contributed by atoms with E-state index in [0.717, 1.165) is 6.42 Å². The highest BCUT2D eigenvalue weighted by atomic mass is 16.4. The van der Waals surface area contributed by atoms with Gasteiger partial charge in [0.25, 0.3) is 0 Å². The zero-order chi connectivity index (χ0) is 9.14. The van der Waals surface area contributed by atoms with Crippen molar-refractivity contribution in [2.45, 2.75) is 19.8 Å². The Morgan fingerprint density at radius 2 is 2.42 bits per heavy atom. The summed E-state index contributed by atoms with van der Waals surface area (Å²) in [6, 6.07) is 0. The molecule has 68 valence electrons. The first kappa shape index (κ1) is 9.03. The van der Waals surface area contributed by atoms with Crippen molar-refractivity contribution in [1.29, 1.82) is 0 Å². The first-order valence-electron chi connectivity index (χ1n) is 4.13. The van der Waals surface area contributed by atoms with Crippen LogP contribution >= 0.6 is 0 Å². The molecule has 1 fully saturated rings. The van der Waals surface area contributed by atoms with Crippen molar-refractivity contribution in [3.05, 3.63) is 0 Å². The van der Waals surface area contributed by atoms with Crippen molar-refractivity contribution in [2.24, 2.45) is 5.92 Å². The highest BCUT2D eigenvalue weighted by Gasteiger charge is 2.29. The minimum Gasteiger partial charge on any atom is -0.550 e. The Kier molecular flexibility index (Phi) is 2.68. The van der Waals surface area contributed by atoms with Gasteiger partial charge in [0.05, 0.1) is 0 Å². The maximum absolute atomic E-state index is 11.1. The molecule has 1 amide bonds. The van der Waals surface area contributed by atoms with Gasteiger partial charge in [0.15, 0.2) is 0 Å². The van der Waals surface area contributed by atoms with Crippen LogP contribution < -0.4 is 5.11 Å². The monoisotopic (exact) mass is 170 g/mol. The summed E-state index contributed by atoms with van der Waals surface area (Å²) in [6.07, 6.45) is 0.980. The lowest BCUT2D eigenvalue weighted by molar-refractivity contribution is -0.311. The smallest absolute Gasteiger partial charge is 0.223 e. The van der Waals surface area contributed by atoms with Crippen LogP contribution in [0.2, 0.25) is 0 Å². The summed E-state index contributed by atoms with van der Waals surface area (Å²) >= 11 is 0. The number of aliphatic carboxylic acids is 1. The quantitative estimate of drug-likeness (QED) is 0.545. The van der Waals surface area contributed by atoms with Gasteiger partial charge in [-0.15, -0.1) is 0 Å². The second-order valence-corrected chi connectivity index (χ2v) is 3.06. The number of nitrogens with zero attached hydrogens (tertiary/aromatic N) is 1. The van der Waals surface area contributed by atoms with E-state index in [1.807, 2.05) is 6.92 Å². The second-order valence-electron chi connectivity index (χ2n) is 3.06. The number of amides is 1. The van der Waals surface area contributed by atoms with E-state index in [4.69, 9.17) is 0 Å². The van der Waals surface area contributed by atoms with Crippen LogP contribution in [0.15, 0.2) is 0 Å². The van der Waals surface area contributed by atoms with E-state index in [1.165, 1.54) is 0 Å². The van der Waals surface area contributed by atoms with Crippen LogP contribution in [0.5, 0.6) is 0 Å². The van der Waals surface area contributed by atoms with Crippen molar-refractivity contribution in [3.8, 4) is 0 Å². The highest BCUT2D eigenvalue weighted by molar-refractivity contribution is 5.85. The molecule has 1 rings (SSSR count). The third-order valence-electron chi connectivity index (χ3n) is 2.04. The van der Waals surface area contributed by atoms with Crippen molar-refractivity contribution in [1.82, 2.24) is 4.90 Å². The van der Waals surface area contributed by atoms with Crippen LogP contribution in [0.1, 0.15) is 19.8 Å². The average molecular weight is 170 g/mol. The number of carbonyl (C=O) groups excluding carboxylic acids is 2. The van der Waals surface area contributed by atoms with E-state index in [9.17, 15) is 14.7 Å². The lowest BCUT2D eigenvalue weighted by Gasteiger charge is -2.15. The fourth-order valence-corrected chi connectivity index (χ4v) is 1.42. The molecule has 4 heteroatoms. The average Bonchev–Trinajstić information content (AvgIpc) is 2.34. The van der Waals surface area contributed by atoms with E-state index >= 15 is 0 Å². The Morgan fingerprint density at radius 1 is 1.75 bits per heavy atom. The van der Waals surface area contributed by atoms with Crippen LogP contribution in [0.25, 0.3) is 0 Å². The number of carboxylic acid groups (broad SMARTS) is 1. The molecule has 0 aromatic carbocycles. The van der Waals surface area contributed by atoms with Gasteiger partial charge in [-0.25, -0.2) is 0 Å². The molecule has 1 aliphatic rings. The van der Waals surface area contributed by atoms with E-state index in [0.29, 0.717) is 13.1 Å². The van der Waals surface area contributed by atoms with Crippen LogP contribution in [-0.2, 0) is 9.59 Å². The molecule has 0 saturated carbocycles. The Hall–Kier alpha value is -1.06. The van der Waals surface area contributed by atoms with Gasteiger partial charge in [0.2, 0.25) is 5.91 Å². The highest BCUT2D eigenvalue weighted by Crippen LogP contribution is 2.16. The molecule has 1 aliphatic heterocycles. The summed E-state index contributed by atoms with van der Waals surface area (Å²) in [6.45, 7) is 2.94.